The molecule has 0 atom stereocenters. The lowest BCUT2D eigenvalue weighted by atomic mass is 10.1. The van der Waals surface area contributed by atoms with Crippen molar-refractivity contribution in [1.82, 2.24) is 15.0 Å². The molecule has 0 aliphatic carbocycles. The summed E-state index contributed by atoms with van der Waals surface area (Å²) in [4.78, 5) is 13.0. The highest BCUT2D eigenvalue weighted by molar-refractivity contribution is 6.34. The molecule has 9 heteroatoms. The number of esters is 1. The molecule has 0 aliphatic heterocycles. The lowest BCUT2D eigenvalue weighted by molar-refractivity contribution is -0.144. The summed E-state index contributed by atoms with van der Waals surface area (Å²) in [6, 6.07) is 8.93. The highest BCUT2D eigenvalue weighted by Crippen LogP contribution is 2.35. The summed E-state index contributed by atoms with van der Waals surface area (Å²) in [5.74, 6) is 0.0412. The molecule has 0 radical (unpaired) electrons. The number of ether oxygens (including phenoxy) is 2. The number of unbranched alkanes of at least 4 members (excludes halogenated alkanes) is 1. The van der Waals surface area contributed by atoms with Gasteiger partial charge in [0, 0.05) is 19.4 Å². The molecule has 3 rings (SSSR count). The third-order valence-electron chi connectivity index (χ3n) is 4.65. The minimum atomic E-state index is -0.265. The van der Waals surface area contributed by atoms with E-state index in [1.54, 1.807) is 24.3 Å². The number of aryl methyl sites for hydroxylation is 1. The molecule has 0 bridgehead atoms. The second kappa shape index (κ2) is 11.0. The maximum atomic E-state index is 11.7. The Kier molecular flexibility index (Phi) is 8.08. The third-order valence-corrected chi connectivity index (χ3v) is 4.96. The smallest absolute Gasteiger partial charge is 0.305 e. The predicted octanol–water partition coefficient (Wildman–Crippen LogP) is 3.82. The van der Waals surface area contributed by atoms with Crippen molar-refractivity contribution in [3.05, 3.63) is 40.9 Å². The quantitative estimate of drug-likeness (QED) is 0.340. The van der Waals surface area contributed by atoms with Crippen molar-refractivity contribution in [2.75, 3.05) is 19.8 Å². The van der Waals surface area contributed by atoms with Gasteiger partial charge < -0.3 is 19.7 Å². The van der Waals surface area contributed by atoms with E-state index in [2.05, 4.69) is 10.2 Å². The van der Waals surface area contributed by atoms with Crippen molar-refractivity contribution >= 4 is 28.6 Å². The van der Waals surface area contributed by atoms with Gasteiger partial charge in [0.05, 0.1) is 18.2 Å². The van der Waals surface area contributed by atoms with E-state index in [1.165, 1.54) is 4.80 Å². The summed E-state index contributed by atoms with van der Waals surface area (Å²) in [7, 11) is 0. The van der Waals surface area contributed by atoms with Crippen LogP contribution in [-0.2, 0) is 16.0 Å². The molecule has 0 saturated heterocycles. The van der Waals surface area contributed by atoms with Gasteiger partial charge in [0.1, 0.15) is 16.7 Å². The van der Waals surface area contributed by atoms with Crippen LogP contribution in [0.3, 0.4) is 0 Å². The Labute approximate surface area is 185 Å². The van der Waals surface area contributed by atoms with Gasteiger partial charge in [-0.15, -0.1) is 15.0 Å². The first-order valence-electron chi connectivity index (χ1n) is 10.3. The topological polar surface area (TPSA) is 107 Å². The Morgan fingerprint density at radius 2 is 2.03 bits per heavy atom. The average molecular weight is 448 g/mol. The Balaban J connectivity index is 1.74. The fourth-order valence-corrected chi connectivity index (χ4v) is 3.35. The Morgan fingerprint density at radius 1 is 1.19 bits per heavy atom. The summed E-state index contributed by atoms with van der Waals surface area (Å²) in [5, 5.41) is 28.8. The molecule has 1 heterocycles. The lowest BCUT2D eigenvalue weighted by Crippen LogP contribution is -2.07. The van der Waals surface area contributed by atoms with E-state index >= 15 is 0 Å². The Hall–Kier alpha value is -2.84. The maximum Gasteiger partial charge on any atom is 0.305 e. The van der Waals surface area contributed by atoms with Gasteiger partial charge in [-0.25, -0.2) is 0 Å². The van der Waals surface area contributed by atoms with E-state index in [9.17, 15) is 9.90 Å². The van der Waals surface area contributed by atoms with Crippen LogP contribution >= 0.6 is 11.6 Å². The van der Waals surface area contributed by atoms with Gasteiger partial charge in [0.2, 0.25) is 0 Å². The second-order valence-electron chi connectivity index (χ2n) is 7.00. The number of hydrogen-bond donors (Lipinski definition) is 2. The first-order valence-corrected chi connectivity index (χ1v) is 10.7. The van der Waals surface area contributed by atoms with Gasteiger partial charge in [0.15, 0.2) is 11.5 Å². The third kappa shape index (κ3) is 5.86. The number of phenols is 1. The van der Waals surface area contributed by atoms with E-state index < -0.39 is 0 Å². The molecule has 2 N–H and O–H groups in total. The van der Waals surface area contributed by atoms with Crippen LogP contribution in [0.1, 0.15) is 38.2 Å². The first-order chi connectivity index (χ1) is 15.0. The van der Waals surface area contributed by atoms with E-state index in [4.69, 9.17) is 26.2 Å². The number of benzene rings is 2. The number of phenolic OH excluding ortho intramolecular Hbond substituents is 1. The van der Waals surface area contributed by atoms with Gasteiger partial charge in [-0.2, -0.15) is 0 Å². The van der Waals surface area contributed by atoms with Gasteiger partial charge >= 0.3 is 5.97 Å². The zero-order valence-electron chi connectivity index (χ0n) is 17.4. The SMILES string of the molecule is CCOc1cc(CCCCC(=O)OCCCO)cc(-n2nc3cccc(Cl)c3n2)c1O. The van der Waals surface area contributed by atoms with Gasteiger partial charge in [-0.3, -0.25) is 4.79 Å². The van der Waals surface area contributed by atoms with Crippen molar-refractivity contribution in [2.24, 2.45) is 0 Å². The highest BCUT2D eigenvalue weighted by Gasteiger charge is 2.16. The maximum absolute atomic E-state index is 11.7. The Bertz CT molecular complexity index is 1040. The molecule has 0 unspecified atom stereocenters. The van der Waals surface area contributed by atoms with Crippen LogP contribution in [0.4, 0.5) is 0 Å². The predicted molar refractivity (Wildman–Crippen MR) is 117 cm³/mol. The number of fused-ring (bicyclic) bond motifs is 1. The second-order valence-corrected chi connectivity index (χ2v) is 7.40. The zero-order valence-corrected chi connectivity index (χ0v) is 18.1. The van der Waals surface area contributed by atoms with Crippen molar-refractivity contribution in [1.29, 1.82) is 0 Å². The minimum absolute atomic E-state index is 0.00546. The molecule has 31 heavy (non-hydrogen) atoms. The van der Waals surface area contributed by atoms with Crippen molar-refractivity contribution in [3.63, 3.8) is 0 Å². The molecular weight excluding hydrogens is 422 g/mol. The fraction of sp³-hybridized carbons (Fsp3) is 0.409. The number of halogens is 1. The van der Waals surface area contributed by atoms with E-state index in [0.717, 1.165) is 12.0 Å². The van der Waals surface area contributed by atoms with Gasteiger partial charge in [0.25, 0.3) is 0 Å². The molecule has 166 valence electrons. The molecule has 0 spiro atoms. The van der Waals surface area contributed by atoms with E-state index in [1.807, 2.05) is 13.0 Å². The van der Waals surface area contributed by atoms with Gasteiger partial charge in [-0.05, 0) is 56.0 Å². The van der Waals surface area contributed by atoms with E-state index in [-0.39, 0.29) is 24.9 Å². The first kappa shape index (κ1) is 22.8. The van der Waals surface area contributed by atoms with Crippen molar-refractivity contribution in [2.45, 2.75) is 39.0 Å². The Morgan fingerprint density at radius 3 is 2.77 bits per heavy atom. The zero-order chi connectivity index (χ0) is 22.2. The standard InChI is InChI=1S/C22H26ClN3O5/c1-2-30-19-14-15(7-3-4-10-20(28)31-12-6-11-27)13-18(22(19)29)26-24-17-9-5-8-16(23)21(17)25-26/h5,8-9,13-14,27,29H,2-4,6-7,10-12H2,1H3. The van der Waals surface area contributed by atoms with Gasteiger partial charge in [-0.1, -0.05) is 17.7 Å². The number of aromatic hydroxyl groups is 1. The minimum Gasteiger partial charge on any atom is -0.503 e. The summed E-state index contributed by atoms with van der Waals surface area (Å²) in [6.45, 7) is 2.49. The normalized spacial score (nSPS) is 11.1. The molecule has 0 fully saturated rings. The summed E-state index contributed by atoms with van der Waals surface area (Å²) in [6.07, 6.45) is 2.87. The van der Waals surface area contributed by atoms with E-state index in [0.29, 0.717) is 59.8 Å². The molecule has 2 aromatic carbocycles. The summed E-state index contributed by atoms with van der Waals surface area (Å²) >= 11 is 6.21. The number of aliphatic hydroxyl groups is 1. The van der Waals surface area contributed by atoms with Crippen LogP contribution in [0.2, 0.25) is 5.02 Å². The highest BCUT2D eigenvalue weighted by atomic mass is 35.5. The number of aromatic nitrogens is 3. The molecular formula is C22H26ClN3O5. The van der Waals surface area contributed by atoms with Crippen LogP contribution in [-0.4, -0.2) is 51.0 Å². The molecule has 0 aliphatic rings. The van der Waals surface area contributed by atoms with Crippen LogP contribution in [0.15, 0.2) is 30.3 Å². The monoisotopic (exact) mass is 447 g/mol. The summed E-state index contributed by atoms with van der Waals surface area (Å²) < 4.78 is 10.6. The number of rotatable bonds is 11. The average Bonchev–Trinajstić information content (AvgIpc) is 3.19. The van der Waals surface area contributed by atoms with Crippen LogP contribution in [0.25, 0.3) is 16.7 Å². The molecule has 3 aromatic rings. The fourth-order valence-electron chi connectivity index (χ4n) is 3.14. The number of hydrogen-bond acceptors (Lipinski definition) is 7. The van der Waals surface area contributed by atoms with Crippen molar-refractivity contribution in [3.8, 4) is 17.2 Å². The molecule has 8 nitrogen and oxygen atoms in total. The van der Waals surface area contributed by atoms with Crippen LogP contribution < -0.4 is 4.74 Å². The van der Waals surface area contributed by atoms with Crippen LogP contribution in [0, 0.1) is 0 Å². The molecule has 0 amide bonds. The largest absolute Gasteiger partial charge is 0.503 e. The number of aliphatic hydroxyl groups excluding tert-OH is 1. The lowest BCUT2D eigenvalue weighted by Gasteiger charge is -2.12. The summed E-state index contributed by atoms with van der Waals surface area (Å²) in [5.41, 5.74) is 2.50. The van der Waals surface area contributed by atoms with Crippen LogP contribution in [0.5, 0.6) is 11.5 Å². The molecule has 1 aromatic heterocycles. The number of nitrogens with zero attached hydrogens (tertiary/aromatic N) is 3. The number of carbonyl (C=O) groups is 1. The molecule has 0 saturated carbocycles. The number of carbonyl (C=O) groups excluding carboxylic acids is 1. The van der Waals surface area contributed by atoms with Crippen molar-refractivity contribution < 1.29 is 24.5 Å².